The van der Waals surface area contributed by atoms with Gasteiger partial charge in [-0.2, -0.15) is 0 Å². The Morgan fingerprint density at radius 2 is 2.17 bits per heavy atom. The van der Waals surface area contributed by atoms with Crippen LogP contribution in [0.3, 0.4) is 0 Å². The Hall–Kier alpha value is -3.56. The number of nitrogens with one attached hydrogen (secondary N) is 1. The lowest BCUT2D eigenvalue weighted by Gasteiger charge is -2.25. The van der Waals surface area contributed by atoms with Gasteiger partial charge in [-0.3, -0.25) is 4.79 Å². The second kappa shape index (κ2) is 9.24. The number of nitrogens with two attached hydrogens (primary N) is 1. The second-order valence-electron chi connectivity index (χ2n) is 8.08. The highest BCUT2D eigenvalue weighted by atomic mass is 35.5. The number of benzene rings is 1. The number of fused-ring (bicyclic) bond motifs is 1. The van der Waals surface area contributed by atoms with Crippen LogP contribution in [-0.2, 0) is 0 Å². The Labute approximate surface area is 209 Å². The lowest BCUT2D eigenvalue weighted by atomic mass is 9.99. The molecule has 35 heavy (non-hydrogen) atoms. The van der Waals surface area contributed by atoms with Crippen LogP contribution in [0.5, 0.6) is 5.75 Å². The lowest BCUT2D eigenvalue weighted by Crippen LogP contribution is -2.34. The standard InChI is InChI=1S/C24H20Cl2FN5O3/c1-12(19-16(25)2-3-17(27)20(19)26)35-22-21-14(8-30-23(22)28)15(10-34-21)13-4-6-32(7-5-13)24(33)18-9-29-11-31-18/h2-4,8-12H,5-7H2,1H3,(H2,28,30)(H,29,31)/t12-/m1/s1. The maximum Gasteiger partial charge on any atom is 0.272 e. The molecule has 3 aromatic heterocycles. The zero-order valence-electron chi connectivity index (χ0n) is 18.5. The summed E-state index contributed by atoms with van der Waals surface area (Å²) in [6.07, 6.45) is 8.09. The summed E-state index contributed by atoms with van der Waals surface area (Å²) in [5.41, 5.74) is 9.10. The number of hydrogen-bond donors (Lipinski definition) is 2. The van der Waals surface area contributed by atoms with Gasteiger partial charge in [0.25, 0.3) is 5.91 Å². The first-order chi connectivity index (χ1) is 16.8. The molecule has 0 fully saturated rings. The van der Waals surface area contributed by atoms with E-state index in [-0.39, 0.29) is 27.5 Å². The van der Waals surface area contributed by atoms with Gasteiger partial charge in [0.05, 0.1) is 29.2 Å². The summed E-state index contributed by atoms with van der Waals surface area (Å²) >= 11 is 12.4. The maximum absolute atomic E-state index is 14.0. The first kappa shape index (κ1) is 23.2. The number of carbonyl (C=O) groups is 1. The van der Waals surface area contributed by atoms with Crippen molar-refractivity contribution >= 4 is 51.5 Å². The molecule has 0 saturated carbocycles. The molecule has 180 valence electrons. The van der Waals surface area contributed by atoms with E-state index in [1.54, 1.807) is 24.3 Å². The van der Waals surface area contributed by atoms with Crippen molar-refractivity contribution in [3.63, 3.8) is 0 Å². The van der Waals surface area contributed by atoms with Crippen molar-refractivity contribution < 1.29 is 18.3 Å². The molecule has 0 radical (unpaired) electrons. The number of hydrogen-bond acceptors (Lipinski definition) is 6. The van der Waals surface area contributed by atoms with Crippen LogP contribution < -0.4 is 10.5 Å². The fourth-order valence-corrected chi connectivity index (χ4v) is 4.81. The number of pyridine rings is 1. The van der Waals surface area contributed by atoms with Gasteiger partial charge in [0.1, 0.15) is 17.6 Å². The fraction of sp³-hybridized carbons (Fsp3) is 0.208. The summed E-state index contributed by atoms with van der Waals surface area (Å²) in [6.45, 7) is 2.67. The monoisotopic (exact) mass is 515 g/mol. The highest BCUT2D eigenvalue weighted by Crippen LogP contribution is 2.41. The topological polar surface area (TPSA) is 110 Å². The number of anilines is 1. The molecule has 0 spiro atoms. The van der Waals surface area contributed by atoms with Crippen LogP contribution in [0.4, 0.5) is 10.2 Å². The number of nitrogen functional groups attached to an aromatic ring is 1. The van der Waals surface area contributed by atoms with Crippen LogP contribution in [0.1, 0.15) is 41.1 Å². The van der Waals surface area contributed by atoms with Gasteiger partial charge in [0, 0.05) is 35.4 Å². The van der Waals surface area contributed by atoms with Gasteiger partial charge in [0.15, 0.2) is 11.4 Å². The van der Waals surface area contributed by atoms with Crippen molar-refractivity contribution in [1.82, 2.24) is 19.9 Å². The summed E-state index contributed by atoms with van der Waals surface area (Å²) in [6, 6.07) is 2.61. The number of H-pyrrole nitrogens is 1. The number of amides is 1. The minimum atomic E-state index is -0.732. The Kier molecular flexibility index (Phi) is 6.12. The third kappa shape index (κ3) is 4.21. The molecule has 1 aromatic carbocycles. The van der Waals surface area contributed by atoms with Crippen molar-refractivity contribution in [2.24, 2.45) is 0 Å². The first-order valence-corrected chi connectivity index (χ1v) is 11.5. The summed E-state index contributed by atoms with van der Waals surface area (Å²) in [5, 5.41) is 0.854. The normalized spacial score (nSPS) is 14.7. The van der Waals surface area contributed by atoms with E-state index < -0.39 is 11.9 Å². The maximum atomic E-state index is 14.0. The zero-order chi connectivity index (χ0) is 24.7. The van der Waals surface area contributed by atoms with E-state index in [4.69, 9.17) is 38.1 Å². The quantitative estimate of drug-likeness (QED) is 0.332. The Bertz CT molecular complexity index is 1450. The van der Waals surface area contributed by atoms with Gasteiger partial charge in [0.2, 0.25) is 5.75 Å². The predicted octanol–water partition coefficient (Wildman–Crippen LogP) is 5.65. The molecular formula is C24H20Cl2FN5O3. The number of rotatable bonds is 5. The summed E-state index contributed by atoms with van der Waals surface area (Å²) < 4.78 is 25.9. The first-order valence-electron chi connectivity index (χ1n) is 10.8. The van der Waals surface area contributed by atoms with Crippen molar-refractivity contribution in [3.05, 3.63) is 75.9 Å². The van der Waals surface area contributed by atoms with Crippen molar-refractivity contribution in [3.8, 4) is 5.75 Å². The van der Waals surface area contributed by atoms with Gasteiger partial charge in [-0.05, 0) is 31.1 Å². The molecular weight excluding hydrogens is 496 g/mol. The molecule has 0 bridgehead atoms. The lowest BCUT2D eigenvalue weighted by molar-refractivity contribution is 0.0767. The van der Waals surface area contributed by atoms with Gasteiger partial charge < -0.3 is 24.8 Å². The Morgan fingerprint density at radius 3 is 2.89 bits per heavy atom. The van der Waals surface area contributed by atoms with E-state index in [2.05, 4.69) is 15.0 Å². The second-order valence-corrected chi connectivity index (χ2v) is 8.86. The molecule has 0 aliphatic carbocycles. The number of halogens is 3. The van der Waals surface area contributed by atoms with E-state index in [1.165, 1.54) is 24.7 Å². The van der Waals surface area contributed by atoms with Crippen LogP contribution in [0.15, 0.2) is 47.6 Å². The summed E-state index contributed by atoms with van der Waals surface area (Å²) in [7, 11) is 0. The minimum absolute atomic E-state index is 0.108. The highest BCUT2D eigenvalue weighted by Gasteiger charge is 2.25. The van der Waals surface area contributed by atoms with Gasteiger partial charge >= 0.3 is 0 Å². The molecule has 5 rings (SSSR count). The summed E-state index contributed by atoms with van der Waals surface area (Å²) in [5.74, 6) is -0.382. The smallest absolute Gasteiger partial charge is 0.272 e. The number of imidazole rings is 1. The van der Waals surface area contributed by atoms with Crippen molar-refractivity contribution in [1.29, 1.82) is 0 Å². The number of aromatic amines is 1. The molecule has 1 amide bonds. The molecule has 1 aliphatic heterocycles. The van der Waals surface area contributed by atoms with Gasteiger partial charge in [-0.15, -0.1) is 0 Å². The van der Waals surface area contributed by atoms with Crippen LogP contribution in [0.25, 0.3) is 16.5 Å². The van der Waals surface area contributed by atoms with E-state index in [0.29, 0.717) is 41.7 Å². The van der Waals surface area contributed by atoms with Gasteiger partial charge in [-0.25, -0.2) is 14.4 Å². The summed E-state index contributed by atoms with van der Waals surface area (Å²) in [4.78, 5) is 25.3. The van der Waals surface area contributed by atoms with E-state index in [1.807, 2.05) is 6.08 Å². The van der Waals surface area contributed by atoms with Crippen LogP contribution >= 0.6 is 23.2 Å². The third-order valence-corrected chi connectivity index (χ3v) is 6.67. The van der Waals surface area contributed by atoms with E-state index in [0.717, 1.165) is 11.1 Å². The molecule has 1 aliphatic rings. The average Bonchev–Trinajstić information content (AvgIpc) is 3.54. The number of carbonyl (C=O) groups excluding carboxylic acids is 1. The number of ether oxygens (including phenoxy) is 1. The molecule has 3 N–H and O–H groups in total. The number of furan rings is 1. The largest absolute Gasteiger partial charge is 0.478 e. The van der Waals surface area contributed by atoms with Crippen molar-refractivity contribution in [2.75, 3.05) is 18.8 Å². The van der Waals surface area contributed by atoms with Crippen LogP contribution in [0, 0.1) is 5.82 Å². The van der Waals surface area contributed by atoms with E-state index in [9.17, 15) is 9.18 Å². The van der Waals surface area contributed by atoms with Gasteiger partial charge in [-0.1, -0.05) is 29.3 Å². The molecule has 0 saturated heterocycles. The molecule has 0 unspecified atom stereocenters. The Balaban J connectivity index is 1.43. The van der Waals surface area contributed by atoms with Crippen LogP contribution in [-0.4, -0.2) is 38.8 Å². The SMILES string of the molecule is C[C@@H](Oc1c(N)ncc2c(C3=CCN(C(=O)c4cnc[nH]4)CC3)coc12)c1c(Cl)ccc(F)c1Cl. The molecule has 4 aromatic rings. The average molecular weight is 516 g/mol. The zero-order valence-corrected chi connectivity index (χ0v) is 20.0. The minimum Gasteiger partial charge on any atom is -0.478 e. The fourth-order valence-electron chi connectivity index (χ4n) is 4.14. The number of aromatic nitrogens is 3. The van der Waals surface area contributed by atoms with Crippen molar-refractivity contribution in [2.45, 2.75) is 19.4 Å². The molecule has 11 heteroatoms. The van der Waals surface area contributed by atoms with E-state index >= 15 is 0 Å². The predicted molar refractivity (Wildman–Crippen MR) is 131 cm³/mol. The molecule has 8 nitrogen and oxygen atoms in total. The highest BCUT2D eigenvalue weighted by molar-refractivity contribution is 6.36. The van der Waals surface area contributed by atoms with Crippen LogP contribution in [0.2, 0.25) is 10.0 Å². The number of nitrogens with zero attached hydrogens (tertiary/aromatic N) is 3. The molecule has 4 heterocycles. The molecule has 1 atom stereocenters. The Morgan fingerprint density at radius 1 is 1.34 bits per heavy atom. The third-order valence-electron chi connectivity index (χ3n) is 5.95.